The summed E-state index contributed by atoms with van der Waals surface area (Å²) in [4.78, 5) is 17.4. The molecule has 0 bridgehead atoms. The Morgan fingerprint density at radius 3 is 3.00 bits per heavy atom. The summed E-state index contributed by atoms with van der Waals surface area (Å²) in [5.74, 6) is 1.97. The van der Waals surface area contributed by atoms with E-state index in [9.17, 15) is 4.79 Å². The third kappa shape index (κ3) is 2.86. The van der Waals surface area contributed by atoms with E-state index in [2.05, 4.69) is 10.4 Å². The molecule has 5 rings (SSSR count). The van der Waals surface area contributed by atoms with Crippen molar-refractivity contribution >= 4 is 10.9 Å². The molecule has 7 nitrogen and oxygen atoms in total. The van der Waals surface area contributed by atoms with Crippen molar-refractivity contribution in [1.82, 2.24) is 24.6 Å². The van der Waals surface area contributed by atoms with E-state index in [-0.39, 0.29) is 5.56 Å². The molecule has 0 amide bonds. The maximum atomic E-state index is 12.6. The summed E-state index contributed by atoms with van der Waals surface area (Å²) in [5.41, 5.74) is 1.67. The summed E-state index contributed by atoms with van der Waals surface area (Å²) in [7, 11) is 1.80. The Balaban J connectivity index is 1.61. The van der Waals surface area contributed by atoms with Gasteiger partial charge in [0.1, 0.15) is 11.6 Å². The molecule has 1 saturated carbocycles. The number of nitrogens with one attached hydrogen (secondary N) is 1. The first kappa shape index (κ1) is 17.6. The number of ether oxygens (including phenoxy) is 1. The van der Waals surface area contributed by atoms with Gasteiger partial charge in [-0.05, 0) is 32.3 Å². The normalized spacial score (nSPS) is 25.0. The van der Waals surface area contributed by atoms with E-state index in [1.807, 2.05) is 35.9 Å². The molecule has 146 valence electrons. The highest BCUT2D eigenvalue weighted by atomic mass is 16.5. The second kappa shape index (κ2) is 6.83. The Labute approximate surface area is 163 Å². The molecule has 0 unspecified atom stereocenters. The molecule has 1 aliphatic heterocycles. The smallest absolute Gasteiger partial charge is 0.252 e. The van der Waals surface area contributed by atoms with Crippen molar-refractivity contribution in [2.75, 3.05) is 13.2 Å². The Morgan fingerprint density at radius 2 is 2.11 bits per heavy atom. The van der Waals surface area contributed by atoms with Crippen molar-refractivity contribution in [3.8, 4) is 5.69 Å². The van der Waals surface area contributed by atoms with E-state index >= 15 is 0 Å². The van der Waals surface area contributed by atoms with Gasteiger partial charge in [0.05, 0.1) is 23.9 Å². The van der Waals surface area contributed by atoms with Crippen LogP contribution in [0.1, 0.15) is 36.8 Å². The van der Waals surface area contributed by atoms with Crippen molar-refractivity contribution in [1.29, 1.82) is 0 Å². The number of rotatable bonds is 2. The van der Waals surface area contributed by atoms with Crippen molar-refractivity contribution in [2.24, 2.45) is 7.05 Å². The van der Waals surface area contributed by atoms with Gasteiger partial charge in [0.25, 0.3) is 5.56 Å². The van der Waals surface area contributed by atoms with Crippen LogP contribution in [0.2, 0.25) is 0 Å². The number of hydrogen-bond acceptors (Lipinski definition) is 5. The van der Waals surface area contributed by atoms with Gasteiger partial charge >= 0.3 is 0 Å². The minimum atomic E-state index is -0.0427. The fraction of sp³-hybridized carbons (Fsp3) is 0.476. The average Bonchev–Trinajstić information content (AvgIpc) is 3.12. The number of aromatic nitrogens is 4. The van der Waals surface area contributed by atoms with Crippen LogP contribution in [0, 0.1) is 6.92 Å². The van der Waals surface area contributed by atoms with Crippen molar-refractivity contribution in [2.45, 2.75) is 44.2 Å². The van der Waals surface area contributed by atoms with Gasteiger partial charge in [-0.1, -0.05) is 18.2 Å². The second-order valence-corrected chi connectivity index (χ2v) is 7.85. The van der Waals surface area contributed by atoms with Gasteiger partial charge in [-0.2, -0.15) is 5.10 Å². The lowest BCUT2D eigenvalue weighted by molar-refractivity contribution is -0.0280. The molecule has 2 aromatic heterocycles. The fourth-order valence-electron chi connectivity index (χ4n) is 4.69. The summed E-state index contributed by atoms with van der Waals surface area (Å²) in [6, 6.07) is 9.99. The number of pyridine rings is 1. The first-order valence-corrected chi connectivity index (χ1v) is 9.99. The fourth-order valence-corrected chi connectivity index (χ4v) is 4.69. The first-order chi connectivity index (χ1) is 13.6. The zero-order valence-corrected chi connectivity index (χ0v) is 16.3. The van der Waals surface area contributed by atoms with Crippen LogP contribution < -0.4 is 10.9 Å². The Hall–Kier alpha value is -2.51. The van der Waals surface area contributed by atoms with Crippen LogP contribution >= 0.6 is 0 Å². The number of hydrogen-bond donors (Lipinski definition) is 1. The van der Waals surface area contributed by atoms with Gasteiger partial charge in [0, 0.05) is 37.0 Å². The molecule has 3 heterocycles. The van der Waals surface area contributed by atoms with Gasteiger partial charge < -0.3 is 14.6 Å². The van der Waals surface area contributed by atoms with Gasteiger partial charge in [-0.25, -0.2) is 9.67 Å². The highest BCUT2D eigenvalue weighted by Gasteiger charge is 2.36. The van der Waals surface area contributed by atoms with Gasteiger partial charge in [0.2, 0.25) is 0 Å². The van der Waals surface area contributed by atoms with Crippen molar-refractivity contribution in [3.05, 3.63) is 52.3 Å². The molecule has 28 heavy (non-hydrogen) atoms. The number of benzene rings is 1. The van der Waals surface area contributed by atoms with Crippen LogP contribution in [0.15, 0.2) is 35.1 Å². The third-order valence-electron chi connectivity index (χ3n) is 6.09. The highest BCUT2D eigenvalue weighted by Crippen LogP contribution is 2.35. The summed E-state index contributed by atoms with van der Waals surface area (Å²) in [6.45, 7) is 3.61. The van der Waals surface area contributed by atoms with E-state index in [0.717, 1.165) is 60.7 Å². The van der Waals surface area contributed by atoms with Gasteiger partial charge in [-0.15, -0.1) is 0 Å². The first-order valence-electron chi connectivity index (χ1n) is 9.99. The van der Waals surface area contributed by atoms with Crippen molar-refractivity contribution in [3.63, 3.8) is 0 Å². The Morgan fingerprint density at radius 1 is 1.25 bits per heavy atom. The third-order valence-corrected chi connectivity index (χ3v) is 6.09. The monoisotopic (exact) mass is 379 g/mol. The second-order valence-electron chi connectivity index (χ2n) is 7.85. The number of morpholine rings is 1. The highest BCUT2D eigenvalue weighted by molar-refractivity contribution is 5.87. The molecule has 0 radical (unpaired) electrons. The quantitative estimate of drug-likeness (QED) is 0.738. The van der Waals surface area contributed by atoms with E-state index in [0.29, 0.717) is 18.1 Å². The molecule has 1 aliphatic carbocycles. The number of fused-ring (bicyclic) bond motifs is 2. The molecule has 3 atom stereocenters. The summed E-state index contributed by atoms with van der Waals surface area (Å²) >= 11 is 0. The topological polar surface area (TPSA) is 74.0 Å². The molecule has 0 spiro atoms. The van der Waals surface area contributed by atoms with Crippen LogP contribution in [0.3, 0.4) is 0 Å². The molecule has 1 saturated heterocycles. The van der Waals surface area contributed by atoms with Crippen LogP contribution in [-0.4, -0.2) is 44.6 Å². The molecular formula is C21H25N5O2. The molecule has 3 aromatic rings. The summed E-state index contributed by atoms with van der Waals surface area (Å²) < 4.78 is 9.50. The predicted molar refractivity (Wildman–Crippen MR) is 107 cm³/mol. The van der Waals surface area contributed by atoms with Crippen LogP contribution in [0.25, 0.3) is 16.6 Å². The number of para-hydroxylation sites is 1. The summed E-state index contributed by atoms with van der Waals surface area (Å²) in [6.07, 6.45) is 3.31. The zero-order valence-electron chi connectivity index (χ0n) is 16.3. The minimum Gasteiger partial charge on any atom is -0.375 e. The molecule has 7 heteroatoms. The average molecular weight is 379 g/mol. The number of nitrogens with zero attached hydrogens (tertiary/aromatic N) is 4. The van der Waals surface area contributed by atoms with Gasteiger partial charge in [0.15, 0.2) is 0 Å². The molecule has 2 aliphatic rings. The van der Waals surface area contributed by atoms with E-state index in [1.165, 1.54) is 0 Å². The Kier molecular flexibility index (Phi) is 4.29. The lowest BCUT2D eigenvalue weighted by atomic mass is 9.82. The molecule has 2 fully saturated rings. The summed E-state index contributed by atoms with van der Waals surface area (Å²) in [5, 5.41) is 9.29. The Bertz CT molecular complexity index is 1090. The van der Waals surface area contributed by atoms with Crippen LogP contribution in [0.4, 0.5) is 0 Å². The zero-order chi connectivity index (χ0) is 19.3. The maximum Gasteiger partial charge on any atom is 0.252 e. The molecule has 1 N–H and O–H groups in total. The molecular weight excluding hydrogens is 354 g/mol. The lowest BCUT2D eigenvalue weighted by Crippen LogP contribution is -2.51. The van der Waals surface area contributed by atoms with Crippen LogP contribution in [-0.2, 0) is 11.8 Å². The SMILES string of the molecule is Cc1nc([C@H]2CC[C@H]3OCCN[C@@H]3C2)n(-c2cc(=O)n(C)c3ccccc23)n1. The van der Waals surface area contributed by atoms with E-state index < -0.39 is 0 Å². The van der Waals surface area contributed by atoms with Gasteiger partial charge in [-0.3, -0.25) is 4.79 Å². The lowest BCUT2D eigenvalue weighted by Gasteiger charge is -2.39. The van der Waals surface area contributed by atoms with E-state index in [1.54, 1.807) is 17.7 Å². The minimum absolute atomic E-state index is 0.0427. The largest absolute Gasteiger partial charge is 0.375 e. The van der Waals surface area contributed by atoms with E-state index in [4.69, 9.17) is 9.72 Å². The van der Waals surface area contributed by atoms with Crippen LogP contribution in [0.5, 0.6) is 0 Å². The molecule has 1 aromatic carbocycles. The maximum absolute atomic E-state index is 12.6. The number of aryl methyl sites for hydroxylation is 2. The predicted octanol–water partition coefficient (Wildman–Crippen LogP) is 2.05. The standard InChI is InChI=1S/C21H25N5O2/c1-13-23-21(14-7-8-19-16(11-14)22-9-10-28-19)26(24-13)18-12-20(27)25(2)17-6-4-3-5-15(17)18/h3-6,12,14,16,19,22H,7-11H2,1-2H3/t14-,16+,19+/m0/s1. The van der Waals surface area contributed by atoms with Crippen molar-refractivity contribution < 1.29 is 4.74 Å².